The van der Waals surface area contributed by atoms with Crippen LogP contribution in [0.25, 0.3) is 0 Å². The molecule has 0 spiro atoms. The molecule has 0 saturated heterocycles. The molecule has 2 N–H and O–H groups in total. The van der Waals surface area contributed by atoms with Gasteiger partial charge in [0.15, 0.2) is 17.3 Å². The van der Waals surface area contributed by atoms with Crippen LogP contribution < -0.4 is 20.1 Å². The number of ketones is 1. The number of fused-ring (bicyclic) bond motifs is 1. The van der Waals surface area contributed by atoms with Crippen molar-refractivity contribution < 1.29 is 27.4 Å². The van der Waals surface area contributed by atoms with Crippen LogP contribution in [0.5, 0.6) is 11.5 Å². The van der Waals surface area contributed by atoms with Crippen LogP contribution in [0.4, 0.5) is 18.9 Å². The van der Waals surface area contributed by atoms with Crippen molar-refractivity contribution in [1.82, 2.24) is 0 Å². The van der Waals surface area contributed by atoms with Crippen LogP contribution in [0.3, 0.4) is 0 Å². The van der Waals surface area contributed by atoms with Crippen molar-refractivity contribution in [3.8, 4) is 17.6 Å². The molecular formula is C26H22F3N3O3. The van der Waals surface area contributed by atoms with Crippen molar-refractivity contribution in [3.05, 3.63) is 76.3 Å². The summed E-state index contributed by atoms with van der Waals surface area (Å²) in [6.07, 6.45) is -3.93. The van der Waals surface area contributed by atoms with Gasteiger partial charge in [0.2, 0.25) is 6.79 Å². The third-order valence-corrected chi connectivity index (χ3v) is 6.54. The highest BCUT2D eigenvalue weighted by Crippen LogP contribution is 2.51. The number of benzene rings is 2. The van der Waals surface area contributed by atoms with Crippen molar-refractivity contribution in [2.45, 2.75) is 38.8 Å². The first-order valence-electron chi connectivity index (χ1n) is 11.0. The molecule has 0 aromatic heterocycles. The maximum absolute atomic E-state index is 13.5. The third-order valence-electron chi connectivity index (χ3n) is 6.54. The second-order valence-corrected chi connectivity index (χ2v) is 9.64. The van der Waals surface area contributed by atoms with Gasteiger partial charge in [-0.1, -0.05) is 26.0 Å². The Bertz CT molecular complexity index is 1350. The van der Waals surface area contributed by atoms with Gasteiger partial charge in [-0.3, -0.25) is 9.69 Å². The minimum atomic E-state index is -4.56. The Balaban J connectivity index is 1.74. The molecule has 180 valence electrons. The van der Waals surface area contributed by atoms with Gasteiger partial charge in [0.05, 0.1) is 23.1 Å². The van der Waals surface area contributed by atoms with Crippen molar-refractivity contribution in [3.63, 3.8) is 0 Å². The third kappa shape index (κ3) is 3.79. The van der Waals surface area contributed by atoms with Crippen molar-refractivity contribution in [2.75, 3.05) is 11.7 Å². The van der Waals surface area contributed by atoms with Gasteiger partial charge in [0, 0.05) is 23.4 Å². The number of nitrogens with zero attached hydrogens (tertiary/aromatic N) is 2. The highest BCUT2D eigenvalue weighted by Gasteiger charge is 2.45. The number of alkyl halides is 3. The summed E-state index contributed by atoms with van der Waals surface area (Å²) in [4.78, 5) is 15.0. The Kier molecular flexibility index (Phi) is 5.09. The zero-order valence-corrected chi connectivity index (χ0v) is 19.1. The molecule has 1 aliphatic carbocycles. The highest BCUT2D eigenvalue weighted by atomic mass is 19.4. The molecule has 1 atom stereocenters. The van der Waals surface area contributed by atoms with Crippen molar-refractivity contribution >= 4 is 11.5 Å². The van der Waals surface area contributed by atoms with E-state index in [2.05, 4.69) is 6.07 Å². The van der Waals surface area contributed by atoms with Gasteiger partial charge >= 0.3 is 6.18 Å². The maximum Gasteiger partial charge on any atom is 0.416 e. The Hall–Kier alpha value is -3.93. The first-order chi connectivity index (χ1) is 16.5. The summed E-state index contributed by atoms with van der Waals surface area (Å²) in [7, 11) is 0. The van der Waals surface area contributed by atoms with Gasteiger partial charge in [-0.15, -0.1) is 0 Å². The molecule has 0 saturated carbocycles. The van der Waals surface area contributed by atoms with E-state index >= 15 is 0 Å². The summed E-state index contributed by atoms with van der Waals surface area (Å²) in [6.45, 7) is 3.92. The fourth-order valence-electron chi connectivity index (χ4n) is 5.05. The number of rotatable bonds is 2. The average Bonchev–Trinajstić information content (AvgIpc) is 3.25. The molecule has 2 heterocycles. The Morgan fingerprint density at radius 2 is 1.86 bits per heavy atom. The molecule has 2 aromatic rings. The number of nitriles is 1. The number of nitrogens with two attached hydrogens (primary N) is 1. The van der Waals surface area contributed by atoms with Gasteiger partial charge in [-0.2, -0.15) is 18.4 Å². The van der Waals surface area contributed by atoms with Crippen LogP contribution >= 0.6 is 0 Å². The number of ether oxygens (including phenoxy) is 2. The van der Waals surface area contributed by atoms with E-state index < -0.39 is 23.1 Å². The molecule has 5 rings (SSSR count). The molecule has 6 nitrogen and oxygen atoms in total. The van der Waals surface area contributed by atoms with E-state index in [0.29, 0.717) is 34.8 Å². The van der Waals surface area contributed by atoms with E-state index in [0.717, 1.165) is 12.1 Å². The number of carbonyl (C=O) groups is 1. The van der Waals surface area contributed by atoms with Gasteiger partial charge in [0.25, 0.3) is 0 Å². The van der Waals surface area contributed by atoms with Gasteiger partial charge in [-0.25, -0.2) is 0 Å². The Labute approximate surface area is 200 Å². The maximum atomic E-state index is 13.5. The summed E-state index contributed by atoms with van der Waals surface area (Å²) in [5, 5.41) is 10.1. The summed E-state index contributed by atoms with van der Waals surface area (Å²) in [5.41, 5.74) is 6.95. The minimum absolute atomic E-state index is 0.00117. The lowest BCUT2D eigenvalue weighted by molar-refractivity contribution is -0.137. The lowest BCUT2D eigenvalue weighted by atomic mass is 9.68. The van der Waals surface area contributed by atoms with E-state index in [4.69, 9.17) is 15.2 Å². The largest absolute Gasteiger partial charge is 0.454 e. The quantitative estimate of drug-likeness (QED) is 0.620. The van der Waals surface area contributed by atoms with Crippen LogP contribution in [-0.4, -0.2) is 12.6 Å². The van der Waals surface area contributed by atoms with Crippen molar-refractivity contribution in [2.24, 2.45) is 11.1 Å². The molecule has 1 unspecified atom stereocenters. The second-order valence-electron chi connectivity index (χ2n) is 9.64. The van der Waals surface area contributed by atoms with Crippen LogP contribution in [0, 0.1) is 16.7 Å². The topological polar surface area (TPSA) is 88.6 Å². The fourth-order valence-corrected chi connectivity index (χ4v) is 5.05. The number of anilines is 1. The molecule has 2 aliphatic heterocycles. The van der Waals surface area contributed by atoms with Crippen LogP contribution in [0.15, 0.2) is 65.1 Å². The predicted octanol–water partition coefficient (Wildman–Crippen LogP) is 5.37. The normalized spacial score (nSPS) is 21.2. The summed E-state index contributed by atoms with van der Waals surface area (Å²) >= 11 is 0. The molecule has 0 amide bonds. The number of Topliss-reactive ketones (excluding diaryl/α,β-unsaturated/α-hetero) is 1. The van der Waals surface area contributed by atoms with E-state index in [1.165, 1.54) is 17.0 Å². The molecular weight excluding hydrogens is 459 g/mol. The average molecular weight is 481 g/mol. The lowest BCUT2D eigenvalue weighted by Gasteiger charge is -2.43. The minimum Gasteiger partial charge on any atom is -0.454 e. The van der Waals surface area contributed by atoms with Crippen molar-refractivity contribution in [1.29, 1.82) is 5.26 Å². The van der Waals surface area contributed by atoms with Crippen LogP contribution in [0.1, 0.15) is 43.7 Å². The van der Waals surface area contributed by atoms with E-state index in [1.807, 2.05) is 13.8 Å². The first-order valence-corrected chi connectivity index (χ1v) is 11.0. The summed E-state index contributed by atoms with van der Waals surface area (Å²) in [6, 6.07) is 12.0. The predicted molar refractivity (Wildman–Crippen MR) is 121 cm³/mol. The molecule has 0 radical (unpaired) electrons. The van der Waals surface area contributed by atoms with Gasteiger partial charge in [-0.05, 0) is 47.7 Å². The fraction of sp³-hybridized carbons (Fsp3) is 0.308. The smallest absolute Gasteiger partial charge is 0.416 e. The number of hydrogen-bond acceptors (Lipinski definition) is 6. The van der Waals surface area contributed by atoms with Crippen LogP contribution in [-0.2, 0) is 11.0 Å². The highest BCUT2D eigenvalue weighted by molar-refractivity contribution is 6.01. The standard InChI is InChI=1S/C26H22F3N3O3/c1-25(2)10-18-23(19(33)11-25)22(14-6-7-20-21(8-14)35-13-34-20)17(12-30)24(31)32(18)16-5-3-4-15(9-16)26(27,28)29/h3-9,22H,10-11,13,31H2,1-2H3. The molecule has 3 aliphatic rings. The number of allylic oxidation sites excluding steroid dienone is 3. The zero-order chi connectivity index (χ0) is 25.1. The van der Waals surface area contributed by atoms with E-state index in [-0.39, 0.29) is 36.1 Å². The SMILES string of the molecule is CC1(C)CC(=O)C2=C(C1)N(c1cccc(C(F)(F)F)c1)C(N)=C(C#N)C2c1ccc2c(c1)OCO2. The number of hydrogen-bond donors (Lipinski definition) is 1. The first kappa shape index (κ1) is 22.8. The molecule has 35 heavy (non-hydrogen) atoms. The number of carbonyl (C=O) groups excluding carboxylic acids is 1. The summed E-state index contributed by atoms with van der Waals surface area (Å²) in [5.74, 6) is 0.102. The van der Waals surface area contributed by atoms with Crippen LogP contribution in [0.2, 0.25) is 0 Å². The molecule has 9 heteroatoms. The molecule has 0 fully saturated rings. The van der Waals surface area contributed by atoms with Gasteiger partial charge < -0.3 is 15.2 Å². The zero-order valence-electron chi connectivity index (χ0n) is 19.1. The Morgan fingerprint density at radius 3 is 2.57 bits per heavy atom. The van der Waals surface area contributed by atoms with E-state index in [1.54, 1.807) is 18.2 Å². The second kappa shape index (κ2) is 7.80. The monoisotopic (exact) mass is 481 g/mol. The molecule has 2 aromatic carbocycles. The van der Waals surface area contributed by atoms with E-state index in [9.17, 15) is 23.2 Å². The lowest BCUT2D eigenvalue weighted by Crippen LogP contribution is -2.42. The number of halogens is 3. The van der Waals surface area contributed by atoms with Gasteiger partial charge in [0.1, 0.15) is 5.82 Å². The Morgan fingerprint density at radius 1 is 1.11 bits per heavy atom. The summed E-state index contributed by atoms with van der Waals surface area (Å²) < 4.78 is 51.3. The molecule has 0 bridgehead atoms.